The van der Waals surface area contributed by atoms with Gasteiger partial charge in [-0.05, 0) is 37.9 Å². The molecule has 4 aromatic rings. The molecule has 4 heterocycles. The molecule has 9 heteroatoms. The lowest BCUT2D eigenvalue weighted by Gasteiger charge is -2.32. The van der Waals surface area contributed by atoms with E-state index in [4.69, 9.17) is 9.97 Å². The van der Waals surface area contributed by atoms with Gasteiger partial charge in [-0.15, -0.1) is 0 Å². The van der Waals surface area contributed by atoms with Crippen LogP contribution in [0, 0.1) is 0 Å². The van der Waals surface area contributed by atoms with E-state index in [1.807, 2.05) is 35.0 Å². The molecule has 1 saturated carbocycles. The summed E-state index contributed by atoms with van der Waals surface area (Å²) in [5, 5.41) is 8.05. The van der Waals surface area contributed by atoms with E-state index in [1.54, 1.807) is 0 Å². The maximum Gasteiger partial charge on any atom is 0.230 e. The molecule has 1 aliphatic heterocycles. The van der Waals surface area contributed by atoms with Gasteiger partial charge in [-0.25, -0.2) is 4.98 Å². The molecule has 154 valence electrons. The minimum Gasteiger partial charge on any atom is -0.347 e. The highest BCUT2D eigenvalue weighted by molar-refractivity contribution is 5.74. The highest BCUT2D eigenvalue weighted by atomic mass is 15.4. The van der Waals surface area contributed by atoms with Gasteiger partial charge in [-0.2, -0.15) is 19.6 Å². The molecule has 1 saturated heterocycles. The van der Waals surface area contributed by atoms with Gasteiger partial charge in [0.2, 0.25) is 11.9 Å². The van der Waals surface area contributed by atoms with Gasteiger partial charge in [0, 0.05) is 31.7 Å². The Balaban J connectivity index is 1.34. The maximum absolute atomic E-state index is 4.93. The number of likely N-dealkylation sites (N-methyl/N-ethyl adjacent to an activating group) is 1. The Hall–Kier alpha value is -3.20. The molecule has 0 spiro atoms. The molecule has 1 aliphatic carbocycles. The monoisotopic (exact) mass is 403 g/mol. The third kappa shape index (κ3) is 3.15. The van der Waals surface area contributed by atoms with E-state index >= 15 is 0 Å². The van der Waals surface area contributed by atoms with Gasteiger partial charge in [-0.3, -0.25) is 0 Å². The van der Waals surface area contributed by atoms with Crippen LogP contribution in [-0.4, -0.2) is 67.7 Å². The molecule has 0 radical (unpaired) electrons. The zero-order chi connectivity index (χ0) is 20.1. The number of aromatic nitrogens is 6. The lowest BCUT2D eigenvalue weighted by atomic mass is 10.2. The molecule has 0 unspecified atom stereocenters. The van der Waals surface area contributed by atoms with Crippen LogP contribution in [0.15, 0.2) is 30.5 Å². The predicted molar refractivity (Wildman–Crippen MR) is 116 cm³/mol. The number of aromatic amines is 1. The number of piperazine rings is 1. The first kappa shape index (κ1) is 17.6. The summed E-state index contributed by atoms with van der Waals surface area (Å²) in [6.45, 7) is 4.45. The number of benzene rings is 1. The number of fused-ring (bicyclic) bond motifs is 2. The van der Waals surface area contributed by atoms with E-state index in [9.17, 15) is 0 Å². The summed E-state index contributed by atoms with van der Waals surface area (Å²) >= 11 is 0. The van der Waals surface area contributed by atoms with E-state index in [2.05, 4.69) is 37.2 Å². The van der Waals surface area contributed by atoms with Crippen molar-refractivity contribution in [3.63, 3.8) is 0 Å². The predicted octanol–water partition coefficient (Wildman–Crippen LogP) is 2.24. The van der Waals surface area contributed by atoms with Crippen LogP contribution >= 0.6 is 0 Å². The van der Waals surface area contributed by atoms with Gasteiger partial charge in [0.1, 0.15) is 5.82 Å². The Morgan fingerprint density at radius 2 is 1.90 bits per heavy atom. The highest BCUT2D eigenvalue weighted by Crippen LogP contribution is 2.42. The van der Waals surface area contributed by atoms with Crippen molar-refractivity contribution in [2.45, 2.75) is 25.3 Å². The highest BCUT2D eigenvalue weighted by Gasteiger charge is 2.29. The average Bonchev–Trinajstić information content (AvgIpc) is 3.38. The fourth-order valence-electron chi connectivity index (χ4n) is 4.08. The molecule has 30 heavy (non-hydrogen) atoms. The van der Waals surface area contributed by atoms with E-state index in [1.165, 1.54) is 18.4 Å². The second kappa shape index (κ2) is 6.94. The van der Waals surface area contributed by atoms with Crippen molar-refractivity contribution in [3.8, 4) is 0 Å². The molecule has 6 rings (SSSR count). The fraction of sp³-hybridized carbons (Fsp3) is 0.429. The Morgan fingerprint density at radius 1 is 1.07 bits per heavy atom. The topological polar surface area (TPSA) is 90.3 Å². The van der Waals surface area contributed by atoms with Gasteiger partial charge < -0.3 is 20.1 Å². The number of para-hydroxylation sites is 2. The molecular formula is C21H25N9. The minimum absolute atomic E-state index is 0.543. The number of nitrogens with one attached hydrogen (secondary N) is 2. The van der Waals surface area contributed by atoms with Crippen LogP contribution in [-0.2, 0) is 6.54 Å². The first-order valence-corrected chi connectivity index (χ1v) is 10.6. The molecule has 0 bridgehead atoms. The second-order valence-electron chi connectivity index (χ2n) is 8.30. The number of anilines is 2. The number of H-pyrrole nitrogens is 1. The first-order chi connectivity index (χ1) is 14.7. The van der Waals surface area contributed by atoms with E-state index in [0.717, 1.165) is 54.6 Å². The van der Waals surface area contributed by atoms with Crippen molar-refractivity contribution >= 4 is 28.6 Å². The fourth-order valence-corrected chi connectivity index (χ4v) is 4.08. The summed E-state index contributed by atoms with van der Waals surface area (Å²) in [6.07, 6.45) is 4.40. The zero-order valence-electron chi connectivity index (χ0n) is 17.0. The van der Waals surface area contributed by atoms with Crippen LogP contribution in [0.4, 0.5) is 11.9 Å². The molecule has 3 aromatic heterocycles. The van der Waals surface area contributed by atoms with Crippen LogP contribution < -0.4 is 10.2 Å². The van der Waals surface area contributed by atoms with Crippen molar-refractivity contribution in [3.05, 3.63) is 41.9 Å². The maximum atomic E-state index is 4.93. The standard InChI is InChI=1S/C21H25N9/c1-28-8-10-29(11-9-28)21-26-19-15(14-6-7-14)12-23-30(19)20(27-21)22-13-18-24-16-4-2-3-5-17(16)25-18/h2-5,12,14H,6-11,13H2,1H3,(H,24,25)(H,22,26,27). The molecule has 2 fully saturated rings. The summed E-state index contributed by atoms with van der Waals surface area (Å²) in [7, 11) is 2.16. The van der Waals surface area contributed by atoms with Gasteiger partial charge in [-0.1, -0.05) is 12.1 Å². The molecule has 2 aliphatic rings. The lowest BCUT2D eigenvalue weighted by Crippen LogP contribution is -2.45. The van der Waals surface area contributed by atoms with Gasteiger partial charge in [0.15, 0.2) is 5.65 Å². The normalized spacial score (nSPS) is 17.8. The SMILES string of the molecule is CN1CCN(c2nc(NCc3nc4ccccc4[nH]3)n3ncc(C4CC4)c3n2)CC1. The smallest absolute Gasteiger partial charge is 0.230 e. The molecule has 9 nitrogen and oxygen atoms in total. The Bertz CT molecular complexity index is 1160. The summed E-state index contributed by atoms with van der Waals surface area (Å²) in [6, 6.07) is 8.06. The van der Waals surface area contributed by atoms with Crippen LogP contribution in [0.1, 0.15) is 30.1 Å². The number of nitrogens with zero attached hydrogens (tertiary/aromatic N) is 7. The molecule has 2 N–H and O–H groups in total. The van der Waals surface area contributed by atoms with Gasteiger partial charge in [0.05, 0.1) is 23.8 Å². The van der Waals surface area contributed by atoms with Crippen LogP contribution in [0.3, 0.4) is 0 Å². The van der Waals surface area contributed by atoms with Crippen molar-refractivity contribution < 1.29 is 0 Å². The third-order valence-electron chi connectivity index (χ3n) is 6.04. The number of rotatable bonds is 5. The summed E-state index contributed by atoms with van der Waals surface area (Å²) < 4.78 is 1.84. The van der Waals surface area contributed by atoms with Gasteiger partial charge in [0.25, 0.3) is 0 Å². The van der Waals surface area contributed by atoms with Gasteiger partial charge >= 0.3 is 0 Å². The number of imidazole rings is 1. The first-order valence-electron chi connectivity index (χ1n) is 10.6. The minimum atomic E-state index is 0.543. The quantitative estimate of drug-likeness (QED) is 0.528. The van der Waals surface area contributed by atoms with Crippen molar-refractivity contribution in [1.82, 2.24) is 34.4 Å². The zero-order valence-corrected chi connectivity index (χ0v) is 17.0. The van der Waals surface area contributed by atoms with Crippen molar-refractivity contribution in [2.24, 2.45) is 0 Å². The van der Waals surface area contributed by atoms with Crippen LogP contribution in [0.5, 0.6) is 0 Å². The molecule has 0 amide bonds. The van der Waals surface area contributed by atoms with Crippen molar-refractivity contribution in [2.75, 3.05) is 43.4 Å². The van der Waals surface area contributed by atoms with E-state index < -0.39 is 0 Å². The van der Waals surface area contributed by atoms with Crippen LogP contribution in [0.2, 0.25) is 0 Å². The number of hydrogen-bond donors (Lipinski definition) is 2. The Morgan fingerprint density at radius 3 is 2.70 bits per heavy atom. The lowest BCUT2D eigenvalue weighted by molar-refractivity contribution is 0.311. The van der Waals surface area contributed by atoms with Crippen molar-refractivity contribution in [1.29, 1.82) is 0 Å². The van der Waals surface area contributed by atoms with Crippen LogP contribution in [0.25, 0.3) is 16.7 Å². The summed E-state index contributed by atoms with van der Waals surface area (Å²) in [4.78, 5) is 22.4. The Kier molecular flexibility index (Phi) is 4.08. The van der Waals surface area contributed by atoms with E-state index in [0.29, 0.717) is 18.4 Å². The average molecular weight is 403 g/mol. The third-order valence-corrected chi connectivity index (χ3v) is 6.04. The summed E-state index contributed by atoms with van der Waals surface area (Å²) in [5.41, 5.74) is 4.17. The van der Waals surface area contributed by atoms with E-state index in [-0.39, 0.29) is 0 Å². The molecule has 0 atom stereocenters. The molecule has 1 aromatic carbocycles. The summed E-state index contributed by atoms with van der Waals surface area (Å²) in [5.74, 6) is 2.95. The second-order valence-corrected chi connectivity index (χ2v) is 8.30. The largest absolute Gasteiger partial charge is 0.347 e. The molecular weight excluding hydrogens is 378 g/mol. The Labute approximate surface area is 174 Å². The number of hydrogen-bond acceptors (Lipinski definition) is 7.